The monoisotopic (exact) mass is 230 g/mol. The summed E-state index contributed by atoms with van der Waals surface area (Å²) in [6.07, 6.45) is 1.59. The lowest BCUT2D eigenvalue weighted by Crippen LogP contribution is -2.10. The highest BCUT2D eigenvalue weighted by Gasteiger charge is 2.11. The van der Waals surface area contributed by atoms with Crippen molar-refractivity contribution in [3.8, 4) is 0 Å². The zero-order valence-corrected chi connectivity index (χ0v) is 10.8. The lowest BCUT2D eigenvalue weighted by molar-refractivity contribution is 0.585. The summed E-state index contributed by atoms with van der Waals surface area (Å²) in [6, 6.07) is 5.86. The summed E-state index contributed by atoms with van der Waals surface area (Å²) in [5.74, 6) is 0.611. The van der Waals surface area contributed by atoms with Gasteiger partial charge in [-0.05, 0) is 29.5 Å². The van der Waals surface area contributed by atoms with Gasteiger partial charge in [-0.15, -0.1) is 0 Å². The van der Waals surface area contributed by atoms with Crippen LogP contribution < -0.4 is 5.43 Å². The Morgan fingerprint density at radius 2 is 1.76 bits per heavy atom. The van der Waals surface area contributed by atoms with E-state index in [1.165, 1.54) is 5.56 Å². The number of hydrogen-bond donors (Lipinski definition) is 0. The van der Waals surface area contributed by atoms with Crippen LogP contribution in [0.5, 0.6) is 0 Å². The molecule has 1 aromatic carbocycles. The zero-order valence-electron chi connectivity index (χ0n) is 10.8. The molecule has 2 rings (SSSR count). The van der Waals surface area contributed by atoms with Gasteiger partial charge in [-0.1, -0.05) is 33.8 Å². The van der Waals surface area contributed by atoms with Crippen LogP contribution in [-0.2, 0) is 0 Å². The van der Waals surface area contributed by atoms with E-state index in [1.807, 2.05) is 32.0 Å². The SMILES string of the molecule is CC(C)c1ccc2occ(C(C)C)c(=O)c2c1. The van der Waals surface area contributed by atoms with Gasteiger partial charge in [0.15, 0.2) is 5.43 Å². The van der Waals surface area contributed by atoms with E-state index in [1.54, 1.807) is 6.26 Å². The van der Waals surface area contributed by atoms with Crippen LogP contribution in [0.25, 0.3) is 11.0 Å². The molecule has 0 spiro atoms. The van der Waals surface area contributed by atoms with Crippen molar-refractivity contribution in [1.82, 2.24) is 0 Å². The van der Waals surface area contributed by atoms with Gasteiger partial charge in [0.1, 0.15) is 5.58 Å². The van der Waals surface area contributed by atoms with Crippen LogP contribution in [-0.4, -0.2) is 0 Å². The van der Waals surface area contributed by atoms with Crippen molar-refractivity contribution in [2.75, 3.05) is 0 Å². The number of hydrogen-bond acceptors (Lipinski definition) is 2. The van der Waals surface area contributed by atoms with E-state index in [4.69, 9.17) is 4.42 Å². The maximum Gasteiger partial charge on any atom is 0.196 e. The van der Waals surface area contributed by atoms with Gasteiger partial charge >= 0.3 is 0 Å². The van der Waals surface area contributed by atoms with Crippen LogP contribution in [0.3, 0.4) is 0 Å². The molecule has 2 aromatic rings. The summed E-state index contributed by atoms with van der Waals surface area (Å²) < 4.78 is 5.52. The Labute approximate surface area is 101 Å². The van der Waals surface area contributed by atoms with E-state index < -0.39 is 0 Å². The second-order valence-electron chi connectivity index (χ2n) is 5.09. The molecular weight excluding hydrogens is 212 g/mol. The molecule has 0 unspecified atom stereocenters. The minimum atomic E-state index is 0.101. The minimum absolute atomic E-state index is 0.101. The Balaban J connectivity index is 2.74. The van der Waals surface area contributed by atoms with E-state index in [2.05, 4.69) is 13.8 Å². The normalized spacial score (nSPS) is 11.6. The molecule has 0 amide bonds. The van der Waals surface area contributed by atoms with Gasteiger partial charge in [0, 0.05) is 5.56 Å². The molecule has 90 valence electrons. The van der Waals surface area contributed by atoms with Gasteiger partial charge in [-0.25, -0.2) is 0 Å². The molecule has 0 N–H and O–H groups in total. The van der Waals surface area contributed by atoms with Gasteiger partial charge in [-0.2, -0.15) is 0 Å². The molecule has 0 saturated heterocycles. The highest BCUT2D eigenvalue weighted by Crippen LogP contribution is 2.21. The Morgan fingerprint density at radius 3 is 2.35 bits per heavy atom. The summed E-state index contributed by atoms with van der Waals surface area (Å²) in [4.78, 5) is 12.3. The molecule has 1 aromatic heterocycles. The third-order valence-electron chi connectivity index (χ3n) is 3.11. The molecule has 0 fully saturated rings. The fourth-order valence-electron chi connectivity index (χ4n) is 1.92. The predicted molar refractivity (Wildman–Crippen MR) is 70.7 cm³/mol. The summed E-state index contributed by atoms with van der Waals surface area (Å²) in [7, 11) is 0. The highest BCUT2D eigenvalue weighted by atomic mass is 16.3. The van der Waals surface area contributed by atoms with Crippen molar-refractivity contribution in [3.63, 3.8) is 0 Å². The van der Waals surface area contributed by atoms with E-state index in [-0.39, 0.29) is 11.3 Å². The first kappa shape index (κ1) is 11.9. The van der Waals surface area contributed by atoms with Crippen molar-refractivity contribution >= 4 is 11.0 Å². The average Bonchev–Trinajstić information content (AvgIpc) is 2.28. The van der Waals surface area contributed by atoms with Gasteiger partial charge in [-0.3, -0.25) is 4.79 Å². The lowest BCUT2D eigenvalue weighted by Gasteiger charge is -2.08. The average molecular weight is 230 g/mol. The molecule has 0 aliphatic carbocycles. The van der Waals surface area contributed by atoms with Crippen LogP contribution in [0.15, 0.2) is 33.7 Å². The minimum Gasteiger partial charge on any atom is -0.464 e. The number of rotatable bonds is 2. The summed E-state index contributed by atoms with van der Waals surface area (Å²) >= 11 is 0. The quantitative estimate of drug-likeness (QED) is 0.779. The predicted octanol–water partition coefficient (Wildman–Crippen LogP) is 4.04. The first-order valence-electron chi connectivity index (χ1n) is 6.06. The van der Waals surface area contributed by atoms with Crippen molar-refractivity contribution in [1.29, 1.82) is 0 Å². The standard InChI is InChI=1S/C15H18O2/c1-9(2)11-5-6-14-12(7-11)15(16)13(8-17-14)10(3)4/h5-10H,1-4H3. The number of fused-ring (bicyclic) bond motifs is 1. The van der Waals surface area contributed by atoms with Crippen LogP contribution >= 0.6 is 0 Å². The molecule has 0 aliphatic rings. The van der Waals surface area contributed by atoms with E-state index >= 15 is 0 Å². The maximum absolute atomic E-state index is 12.3. The van der Waals surface area contributed by atoms with Crippen molar-refractivity contribution in [2.24, 2.45) is 0 Å². The van der Waals surface area contributed by atoms with Crippen LogP contribution in [0.4, 0.5) is 0 Å². The van der Waals surface area contributed by atoms with Gasteiger partial charge in [0.2, 0.25) is 0 Å². The van der Waals surface area contributed by atoms with E-state index in [9.17, 15) is 4.79 Å². The molecule has 2 heteroatoms. The second kappa shape index (κ2) is 4.36. The zero-order chi connectivity index (χ0) is 12.6. The van der Waals surface area contributed by atoms with Crippen LogP contribution in [0.1, 0.15) is 50.7 Å². The molecule has 0 saturated carbocycles. The van der Waals surface area contributed by atoms with E-state index in [0.717, 1.165) is 5.56 Å². The molecular formula is C15H18O2. The van der Waals surface area contributed by atoms with Crippen molar-refractivity contribution in [2.45, 2.75) is 39.5 Å². The molecule has 1 heterocycles. The fraction of sp³-hybridized carbons (Fsp3) is 0.400. The molecule has 0 radical (unpaired) electrons. The molecule has 2 nitrogen and oxygen atoms in total. The van der Waals surface area contributed by atoms with E-state index in [0.29, 0.717) is 16.9 Å². The van der Waals surface area contributed by atoms with Gasteiger partial charge < -0.3 is 4.42 Å². The second-order valence-corrected chi connectivity index (χ2v) is 5.09. The largest absolute Gasteiger partial charge is 0.464 e. The summed E-state index contributed by atoms with van der Waals surface area (Å²) in [5, 5.41) is 0.697. The van der Waals surface area contributed by atoms with Crippen molar-refractivity contribution < 1.29 is 4.42 Å². The van der Waals surface area contributed by atoms with Crippen LogP contribution in [0, 0.1) is 0 Å². The fourth-order valence-corrected chi connectivity index (χ4v) is 1.92. The molecule has 0 aliphatic heterocycles. The Bertz CT molecular complexity index is 586. The molecule has 0 bridgehead atoms. The summed E-state index contributed by atoms with van der Waals surface area (Å²) in [6.45, 7) is 8.25. The first-order chi connectivity index (χ1) is 8.00. The Kier molecular flexibility index (Phi) is 3.05. The Hall–Kier alpha value is -1.57. The smallest absolute Gasteiger partial charge is 0.196 e. The van der Waals surface area contributed by atoms with Gasteiger partial charge in [0.05, 0.1) is 11.6 Å². The van der Waals surface area contributed by atoms with Crippen LogP contribution in [0.2, 0.25) is 0 Å². The van der Waals surface area contributed by atoms with Gasteiger partial charge in [0.25, 0.3) is 0 Å². The number of benzene rings is 1. The molecule has 17 heavy (non-hydrogen) atoms. The van der Waals surface area contributed by atoms with Crippen molar-refractivity contribution in [3.05, 3.63) is 45.8 Å². The third kappa shape index (κ3) is 2.12. The maximum atomic E-state index is 12.3. The molecule has 0 atom stereocenters. The Morgan fingerprint density at radius 1 is 1.06 bits per heavy atom. The summed E-state index contributed by atoms with van der Waals surface area (Å²) in [5.41, 5.74) is 2.69. The topological polar surface area (TPSA) is 30.2 Å². The first-order valence-corrected chi connectivity index (χ1v) is 6.06. The third-order valence-corrected chi connectivity index (χ3v) is 3.11. The highest BCUT2D eigenvalue weighted by molar-refractivity contribution is 5.77. The lowest BCUT2D eigenvalue weighted by atomic mass is 9.99.